The molecule has 2 amide bonds. The largest absolute Gasteiger partial charge is 0.480 e. The Balaban J connectivity index is 1.32. The number of carbonyl (C=O) groups excluding carboxylic acids is 2. The Labute approximate surface area is 219 Å². The molecule has 1 fully saturated rings. The summed E-state index contributed by atoms with van der Waals surface area (Å²) in [5.41, 5.74) is 1.29. The molecule has 0 aromatic heterocycles. The zero-order chi connectivity index (χ0) is 27.3. The van der Waals surface area contributed by atoms with Crippen LogP contribution < -0.4 is 14.9 Å². The van der Waals surface area contributed by atoms with Crippen molar-refractivity contribution in [3.63, 3.8) is 0 Å². The van der Waals surface area contributed by atoms with Crippen LogP contribution in [-0.4, -0.2) is 75.0 Å². The van der Waals surface area contributed by atoms with Gasteiger partial charge < -0.3 is 20.2 Å². The zero-order valence-electron chi connectivity index (χ0n) is 20.2. The van der Waals surface area contributed by atoms with Crippen molar-refractivity contribution in [1.82, 2.24) is 14.9 Å². The van der Waals surface area contributed by atoms with E-state index in [1.54, 1.807) is 42.5 Å². The molecule has 11 nitrogen and oxygen atoms in total. The van der Waals surface area contributed by atoms with Crippen LogP contribution in [0.25, 0.3) is 10.8 Å². The van der Waals surface area contributed by atoms with Crippen LogP contribution >= 0.6 is 0 Å². The minimum atomic E-state index is -4.19. The standard InChI is InChI=1S/C26H25N5O6S/c27-14-18-5-8-21(9-6-18)30-11-12-31(25(33)17-30)16-24(32)28-15-23(26(34)35)29-38(36,37)22-10-7-19-3-1-2-4-20(19)13-22/h1-10,13,23,29H,11-12,15-17H2,(H,28,32)(H,34,35). The van der Waals surface area contributed by atoms with E-state index in [2.05, 4.69) is 10.0 Å². The molecule has 0 bridgehead atoms. The van der Waals surface area contributed by atoms with E-state index < -0.39 is 34.5 Å². The van der Waals surface area contributed by atoms with E-state index in [4.69, 9.17) is 5.26 Å². The van der Waals surface area contributed by atoms with Gasteiger partial charge in [0.25, 0.3) is 0 Å². The average molecular weight is 536 g/mol. The highest BCUT2D eigenvalue weighted by atomic mass is 32.2. The number of carboxylic acid groups (broad SMARTS) is 1. The van der Waals surface area contributed by atoms with Gasteiger partial charge in [0.05, 0.1) is 29.6 Å². The minimum absolute atomic E-state index is 0.0441. The van der Waals surface area contributed by atoms with Gasteiger partial charge in [0.1, 0.15) is 6.04 Å². The quantitative estimate of drug-likeness (QED) is 0.364. The van der Waals surface area contributed by atoms with Crippen LogP contribution in [0.15, 0.2) is 71.6 Å². The van der Waals surface area contributed by atoms with Crippen LogP contribution in [0.3, 0.4) is 0 Å². The van der Waals surface area contributed by atoms with Gasteiger partial charge >= 0.3 is 5.97 Å². The first-order valence-corrected chi connectivity index (χ1v) is 13.2. The number of rotatable bonds is 9. The highest BCUT2D eigenvalue weighted by Crippen LogP contribution is 2.19. The fourth-order valence-electron chi connectivity index (χ4n) is 4.06. The van der Waals surface area contributed by atoms with E-state index in [1.807, 2.05) is 23.1 Å². The minimum Gasteiger partial charge on any atom is -0.480 e. The lowest BCUT2D eigenvalue weighted by atomic mass is 10.1. The molecular formula is C26H25N5O6S. The van der Waals surface area contributed by atoms with Gasteiger partial charge in [-0.2, -0.15) is 9.98 Å². The van der Waals surface area contributed by atoms with E-state index in [9.17, 15) is 27.9 Å². The van der Waals surface area contributed by atoms with Gasteiger partial charge in [-0.1, -0.05) is 30.3 Å². The lowest BCUT2D eigenvalue weighted by Gasteiger charge is -2.35. The van der Waals surface area contributed by atoms with Gasteiger partial charge in [-0.3, -0.25) is 14.4 Å². The number of carbonyl (C=O) groups is 3. The first-order chi connectivity index (χ1) is 18.2. The van der Waals surface area contributed by atoms with E-state index >= 15 is 0 Å². The first kappa shape index (κ1) is 26.6. The maximum Gasteiger partial charge on any atom is 0.323 e. The molecule has 12 heteroatoms. The number of benzene rings is 3. The molecule has 1 atom stereocenters. The molecule has 4 rings (SSSR count). The predicted octanol–water partition coefficient (Wildman–Crippen LogP) is 0.908. The maximum atomic E-state index is 12.8. The molecule has 1 aliphatic rings. The average Bonchev–Trinajstić information content (AvgIpc) is 2.91. The van der Waals surface area contributed by atoms with Gasteiger partial charge in [-0.15, -0.1) is 0 Å². The molecule has 0 radical (unpaired) electrons. The summed E-state index contributed by atoms with van der Waals surface area (Å²) >= 11 is 0. The van der Waals surface area contributed by atoms with Crippen molar-refractivity contribution < 1.29 is 27.9 Å². The third-order valence-corrected chi connectivity index (χ3v) is 7.61. The van der Waals surface area contributed by atoms with Crippen molar-refractivity contribution in [1.29, 1.82) is 5.26 Å². The summed E-state index contributed by atoms with van der Waals surface area (Å²) < 4.78 is 27.8. The smallest absolute Gasteiger partial charge is 0.323 e. The van der Waals surface area contributed by atoms with Crippen LogP contribution in [0.2, 0.25) is 0 Å². The number of nitrogens with one attached hydrogen (secondary N) is 2. The number of anilines is 1. The van der Waals surface area contributed by atoms with Crippen molar-refractivity contribution >= 4 is 44.3 Å². The van der Waals surface area contributed by atoms with Gasteiger partial charge in [0.15, 0.2) is 0 Å². The van der Waals surface area contributed by atoms with Crippen molar-refractivity contribution in [3.05, 3.63) is 72.3 Å². The maximum absolute atomic E-state index is 12.8. The Bertz CT molecular complexity index is 1520. The Morgan fingerprint density at radius 2 is 1.74 bits per heavy atom. The monoisotopic (exact) mass is 535 g/mol. The van der Waals surface area contributed by atoms with Crippen molar-refractivity contribution in [2.75, 3.05) is 37.6 Å². The second-order valence-electron chi connectivity index (χ2n) is 8.72. The highest BCUT2D eigenvalue weighted by molar-refractivity contribution is 7.89. The predicted molar refractivity (Wildman–Crippen MR) is 139 cm³/mol. The second kappa shape index (κ2) is 11.3. The summed E-state index contributed by atoms with van der Waals surface area (Å²) in [6, 6.07) is 18.8. The Hall–Kier alpha value is -4.47. The second-order valence-corrected chi connectivity index (χ2v) is 10.4. The normalized spacial score (nSPS) is 14.7. The lowest BCUT2D eigenvalue weighted by Crippen LogP contribution is -2.54. The summed E-state index contributed by atoms with van der Waals surface area (Å²) in [5, 5.41) is 22.4. The molecule has 3 aromatic carbocycles. The topological polar surface area (TPSA) is 160 Å². The van der Waals surface area contributed by atoms with Crippen LogP contribution in [-0.2, 0) is 24.4 Å². The number of aliphatic carboxylic acids is 1. The van der Waals surface area contributed by atoms with Crippen LogP contribution in [0.5, 0.6) is 0 Å². The number of nitrogens with zero attached hydrogens (tertiary/aromatic N) is 3. The third-order valence-electron chi connectivity index (χ3n) is 6.14. The summed E-state index contributed by atoms with van der Waals surface area (Å²) in [7, 11) is -4.19. The van der Waals surface area contributed by atoms with E-state index in [1.165, 1.54) is 17.0 Å². The fraction of sp³-hybridized carbons (Fsp3) is 0.231. The molecule has 0 saturated carbocycles. The molecule has 1 aliphatic heterocycles. The van der Waals surface area contributed by atoms with E-state index in [0.29, 0.717) is 17.5 Å². The zero-order valence-corrected chi connectivity index (χ0v) is 21.0. The van der Waals surface area contributed by atoms with E-state index in [0.717, 1.165) is 11.1 Å². The van der Waals surface area contributed by atoms with Gasteiger partial charge in [0.2, 0.25) is 21.8 Å². The number of amides is 2. The van der Waals surface area contributed by atoms with Gasteiger partial charge in [-0.05, 0) is 47.2 Å². The van der Waals surface area contributed by atoms with Gasteiger partial charge in [0, 0.05) is 25.3 Å². The summed E-state index contributed by atoms with van der Waals surface area (Å²) in [5.74, 6) is -2.36. The molecule has 0 spiro atoms. The molecule has 1 heterocycles. The number of nitriles is 1. The summed E-state index contributed by atoms with van der Waals surface area (Å²) in [6.45, 7) is -0.00982. The molecule has 196 valence electrons. The van der Waals surface area contributed by atoms with Crippen molar-refractivity contribution in [2.24, 2.45) is 0 Å². The lowest BCUT2D eigenvalue weighted by molar-refractivity contribution is -0.139. The third kappa shape index (κ3) is 6.26. The summed E-state index contributed by atoms with van der Waals surface area (Å²) in [4.78, 5) is 39.9. The molecular weight excluding hydrogens is 510 g/mol. The molecule has 1 unspecified atom stereocenters. The SMILES string of the molecule is N#Cc1ccc(N2CCN(CC(=O)NCC(NS(=O)(=O)c3ccc4ccccc4c3)C(=O)O)C(=O)C2)cc1. The summed E-state index contributed by atoms with van der Waals surface area (Å²) in [6.07, 6.45) is 0. The first-order valence-electron chi connectivity index (χ1n) is 11.7. The number of carboxylic acids is 1. The molecule has 38 heavy (non-hydrogen) atoms. The number of hydrogen-bond acceptors (Lipinski definition) is 7. The number of piperazine rings is 1. The Kier molecular flexibility index (Phi) is 7.90. The van der Waals surface area contributed by atoms with Gasteiger partial charge in [-0.25, -0.2) is 8.42 Å². The van der Waals surface area contributed by atoms with Crippen LogP contribution in [0, 0.1) is 11.3 Å². The molecule has 3 N–H and O–H groups in total. The fourth-order valence-corrected chi connectivity index (χ4v) is 5.28. The Morgan fingerprint density at radius 1 is 1.03 bits per heavy atom. The van der Waals surface area contributed by atoms with Crippen molar-refractivity contribution in [2.45, 2.75) is 10.9 Å². The molecule has 0 aliphatic carbocycles. The molecule has 1 saturated heterocycles. The number of sulfonamides is 1. The van der Waals surface area contributed by atoms with Crippen LogP contribution in [0.4, 0.5) is 5.69 Å². The number of fused-ring (bicyclic) bond motifs is 1. The highest BCUT2D eigenvalue weighted by Gasteiger charge is 2.28. The van der Waals surface area contributed by atoms with Crippen molar-refractivity contribution in [3.8, 4) is 6.07 Å². The van der Waals surface area contributed by atoms with E-state index in [-0.39, 0.29) is 30.4 Å². The molecule has 3 aromatic rings. The Morgan fingerprint density at radius 3 is 2.39 bits per heavy atom. The van der Waals surface area contributed by atoms with Crippen LogP contribution in [0.1, 0.15) is 5.56 Å². The number of hydrogen-bond donors (Lipinski definition) is 3.